The van der Waals surface area contributed by atoms with Crippen molar-refractivity contribution in [2.75, 3.05) is 20.3 Å². The maximum absolute atomic E-state index is 11.7. The maximum atomic E-state index is 11.7. The molecule has 1 aromatic rings. The highest BCUT2D eigenvalue weighted by molar-refractivity contribution is 5.81. The zero-order valence-corrected chi connectivity index (χ0v) is 12.6. The third-order valence-corrected chi connectivity index (χ3v) is 3.45. The van der Waals surface area contributed by atoms with E-state index in [9.17, 15) is 9.90 Å². The smallest absolute Gasteiger partial charge is 0.330 e. The molecule has 112 valence electrons. The van der Waals surface area contributed by atoms with Gasteiger partial charge in [0.05, 0.1) is 6.61 Å². The summed E-state index contributed by atoms with van der Waals surface area (Å²) in [5.41, 5.74) is -0.474. The first-order valence-corrected chi connectivity index (χ1v) is 7.08. The van der Waals surface area contributed by atoms with Gasteiger partial charge in [-0.05, 0) is 31.4 Å². The second kappa shape index (κ2) is 8.02. The van der Waals surface area contributed by atoms with E-state index in [2.05, 4.69) is 19.2 Å². The fraction of sp³-hybridized carbons (Fsp3) is 0.562. The molecule has 4 heteroatoms. The monoisotopic (exact) mass is 279 g/mol. The topological polar surface area (TPSA) is 58.6 Å². The predicted molar refractivity (Wildman–Crippen MR) is 79.7 cm³/mol. The number of carboxylic acid groups (broad SMARTS) is 1. The highest BCUT2D eigenvalue weighted by atomic mass is 16.5. The zero-order chi connectivity index (χ0) is 15.0. The molecule has 0 aliphatic rings. The Kier molecular flexibility index (Phi) is 6.68. The van der Waals surface area contributed by atoms with Crippen LogP contribution < -0.4 is 5.32 Å². The highest BCUT2D eigenvalue weighted by Crippen LogP contribution is 2.22. The Bertz CT molecular complexity index is 405. The SMILES string of the molecule is CNC(COCCCC(C)C)(C(=O)O)c1ccccc1. The van der Waals surface area contributed by atoms with Gasteiger partial charge in [0.1, 0.15) is 0 Å². The molecule has 0 saturated heterocycles. The summed E-state index contributed by atoms with van der Waals surface area (Å²) in [6.45, 7) is 5.04. The van der Waals surface area contributed by atoms with Crippen molar-refractivity contribution in [1.29, 1.82) is 0 Å². The lowest BCUT2D eigenvalue weighted by Crippen LogP contribution is -2.51. The molecule has 1 atom stereocenters. The molecule has 0 aliphatic heterocycles. The number of hydrogen-bond acceptors (Lipinski definition) is 3. The Balaban J connectivity index is 2.68. The molecule has 0 fully saturated rings. The van der Waals surface area contributed by atoms with Crippen LogP contribution in [0.2, 0.25) is 0 Å². The van der Waals surface area contributed by atoms with Gasteiger partial charge in [0.25, 0.3) is 0 Å². The average Bonchev–Trinajstić information content (AvgIpc) is 2.43. The van der Waals surface area contributed by atoms with Gasteiger partial charge in [0, 0.05) is 6.61 Å². The van der Waals surface area contributed by atoms with Crippen LogP contribution in [0.3, 0.4) is 0 Å². The van der Waals surface area contributed by atoms with Crippen molar-refractivity contribution in [2.24, 2.45) is 5.92 Å². The molecule has 1 unspecified atom stereocenters. The van der Waals surface area contributed by atoms with Crippen molar-refractivity contribution in [3.8, 4) is 0 Å². The van der Waals surface area contributed by atoms with Gasteiger partial charge in [-0.15, -0.1) is 0 Å². The van der Waals surface area contributed by atoms with Crippen molar-refractivity contribution >= 4 is 5.97 Å². The molecule has 1 rings (SSSR count). The minimum atomic E-state index is -1.18. The van der Waals surface area contributed by atoms with Crippen molar-refractivity contribution < 1.29 is 14.6 Å². The Labute approximate surface area is 121 Å². The van der Waals surface area contributed by atoms with Crippen molar-refractivity contribution in [1.82, 2.24) is 5.32 Å². The summed E-state index contributed by atoms with van der Waals surface area (Å²) >= 11 is 0. The number of ether oxygens (including phenoxy) is 1. The Morgan fingerprint density at radius 1 is 1.35 bits per heavy atom. The Morgan fingerprint density at radius 2 is 2.00 bits per heavy atom. The first-order valence-electron chi connectivity index (χ1n) is 7.08. The summed E-state index contributed by atoms with van der Waals surface area (Å²) in [6.07, 6.45) is 2.04. The van der Waals surface area contributed by atoms with Crippen LogP contribution in [0, 0.1) is 5.92 Å². The minimum absolute atomic E-state index is 0.126. The first kappa shape index (κ1) is 16.7. The summed E-state index contributed by atoms with van der Waals surface area (Å²) in [4.78, 5) is 11.7. The third kappa shape index (κ3) is 4.32. The van der Waals surface area contributed by atoms with Gasteiger partial charge >= 0.3 is 5.97 Å². The molecule has 0 amide bonds. The van der Waals surface area contributed by atoms with E-state index in [1.54, 1.807) is 7.05 Å². The van der Waals surface area contributed by atoms with Crippen LogP contribution in [-0.2, 0) is 15.1 Å². The fourth-order valence-corrected chi connectivity index (χ4v) is 2.13. The minimum Gasteiger partial charge on any atom is -0.480 e. The van der Waals surface area contributed by atoms with Crippen molar-refractivity contribution in [2.45, 2.75) is 32.2 Å². The maximum Gasteiger partial charge on any atom is 0.330 e. The number of rotatable bonds is 9. The molecule has 0 radical (unpaired) electrons. The number of aliphatic carboxylic acids is 1. The third-order valence-electron chi connectivity index (χ3n) is 3.45. The normalized spacial score (nSPS) is 14.2. The van der Waals surface area contributed by atoms with Crippen molar-refractivity contribution in [3.05, 3.63) is 35.9 Å². The molecule has 0 spiro atoms. The number of benzene rings is 1. The van der Waals surface area contributed by atoms with Crippen LogP contribution in [-0.4, -0.2) is 31.3 Å². The van der Waals surface area contributed by atoms with Crippen LogP contribution in [0.4, 0.5) is 0 Å². The Morgan fingerprint density at radius 3 is 2.50 bits per heavy atom. The molecule has 0 saturated carbocycles. The average molecular weight is 279 g/mol. The number of carboxylic acids is 1. The second-order valence-corrected chi connectivity index (χ2v) is 5.42. The van der Waals surface area contributed by atoms with E-state index in [0.717, 1.165) is 12.8 Å². The molecule has 2 N–H and O–H groups in total. The van der Waals surface area contributed by atoms with Gasteiger partial charge < -0.3 is 9.84 Å². The van der Waals surface area contributed by atoms with Crippen LogP contribution in [0.1, 0.15) is 32.3 Å². The van der Waals surface area contributed by atoms with E-state index < -0.39 is 11.5 Å². The molecule has 0 aromatic heterocycles. The van der Waals surface area contributed by atoms with E-state index in [1.807, 2.05) is 30.3 Å². The Hall–Kier alpha value is -1.39. The van der Waals surface area contributed by atoms with E-state index in [1.165, 1.54) is 0 Å². The van der Waals surface area contributed by atoms with Crippen molar-refractivity contribution in [3.63, 3.8) is 0 Å². The lowest BCUT2D eigenvalue weighted by Gasteiger charge is -2.29. The van der Waals surface area contributed by atoms with E-state index in [-0.39, 0.29) is 6.61 Å². The summed E-state index contributed by atoms with van der Waals surface area (Å²) in [5, 5.41) is 12.5. The second-order valence-electron chi connectivity index (χ2n) is 5.42. The summed E-state index contributed by atoms with van der Waals surface area (Å²) in [6, 6.07) is 9.16. The standard InChI is InChI=1S/C16H25NO3/c1-13(2)8-7-11-20-12-16(17-3,15(18)19)14-9-5-4-6-10-14/h4-6,9-10,13,17H,7-8,11-12H2,1-3H3,(H,18,19). The van der Waals surface area contributed by atoms with E-state index in [4.69, 9.17) is 4.74 Å². The van der Waals surface area contributed by atoms with Gasteiger partial charge in [0.15, 0.2) is 5.54 Å². The van der Waals surface area contributed by atoms with Crippen LogP contribution in [0.25, 0.3) is 0 Å². The van der Waals surface area contributed by atoms with Gasteiger partial charge in [-0.2, -0.15) is 0 Å². The highest BCUT2D eigenvalue weighted by Gasteiger charge is 2.39. The van der Waals surface area contributed by atoms with Gasteiger partial charge in [-0.1, -0.05) is 44.2 Å². The quantitative estimate of drug-likeness (QED) is 0.682. The lowest BCUT2D eigenvalue weighted by atomic mass is 9.91. The summed E-state index contributed by atoms with van der Waals surface area (Å²) < 4.78 is 5.61. The number of likely N-dealkylation sites (N-methyl/N-ethyl adjacent to an activating group) is 1. The lowest BCUT2D eigenvalue weighted by molar-refractivity contribution is -0.148. The number of hydrogen-bond donors (Lipinski definition) is 2. The molecule has 0 aliphatic carbocycles. The molecule has 20 heavy (non-hydrogen) atoms. The number of carbonyl (C=O) groups is 1. The van der Waals surface area contributed by atoms with Crippen LogP contribution in [0.5, 0.6) is 0 Å². The summed E-state index contributed by atoms with van der Waals surface area (Å²) in [5.74, 6) is -0.281. The molecule has 1 aromatic carbocycles. The van der Waals surface area contributed by atoms with Crippen LogP contribution >= 0.6 is 0 Å². The molecular formula is C16H25NO3. The largest absolute Gasteiger partial charge is 0.480 e. The van der Waals surface area contributed by atoms with E-state index in [0.29, 0.717) is 18.1 Å². The van der Waals surface area contributed by atoms with Gasteiger partial charge in [-0.3, -0.25) is 5.32 Å². The molecule has 4 nitrogen and oxygen atoms in total. The van der Waals surface area contributed by atoms with E-state index >= 15 is 0 Å². The zero-order valence-electron chi connectivity index (χ0n) is 12.6. The molecule has 0 bridgehead atoms. The van der Waals surface area contributed by atoms with Gasteiger partial charge in [0.2, 0.25) is 0 Å². The van der Waals surface area contributed by atoms with Crippen LogP contribution in [0.15, 0.2) is 30.3 Å². The fourth-order valence-electron chi connectivity index (χ4n) is 2.13. The predicted octanol–water partition coefficient (Wildman–Crippen LogP) is 2.64. The molecular weight excluding hydrogens is 254 g/mol. The summed E-state index contributed by atoms with van der Waals surface area (Å²) in [7, 11) is 1.65. The molecule has 0 heterocycles. The first-order chi connectivity index (χ1) is 9.53. The van der Waals surface area contributed by atoms with Gasteiger partial charge in [-0.25, -0.2) is 4.79 Å². The number of nitrogens with one attached hydrogen (secondary N) is 1.